The van der Waals surface area contributed by atoms with Crippen LogP contribution in [-0.2, 0) is 6.54 Å². The van der Waals surface area contributed by atoms with Crippen molar-refractivity contribution >= 4 is 28.6 Å². The molecule has 4 rings (SSSR count). The summed E-state index contributed by atoms with van der Waals surface area (Å²) in [6, 6.07) is 11.4. The van der Waals surface area contributed by atoms with Gasteiger partial charge in [0.2, 0.25) is 5.95 Å². The Labute approximate surface area is 191 Å². The number of halogens is 1. The van der Waals surface area contributed by atoms with Crippen LogP contribution >= 0.6 is 11.6 Å². The van der Waals surface area contributed by atoms with Gasteiger partial charge < -0.3 is 10.2 Å². The highest BCUT2D eigenvalue weighted by Gasteiger charge is 2.15. The normalized spacial score (nSPS) is 11.3. The summed E-state index contributed by atoms with van der Waals surface area (Å²) in [6.45, 7) is 3.99. The van der Waals surface area contributed by atoms with Gasteiger partial charge in [-0.3, -0.25) is 14.3 Å². The third-order valence-corrected chi connectivity index (χ3v) is 5.55. The van der Waals surface area contributed by atoms with Gasteiger partial charge in [-0.15, -0.1) is 0 Å². The second-order valence-electron chi connectivity index (χ2n) is 7.75. The Balaban J connectivity index is 1.75. The molecule has 4 aromatic rings. The van der Waals surface area contributed by atoms with E-state index < -0.39 is 0 Å². The number of benzene rings is 1. The fourth-order valence-corrected chi connectivity index (χ4v) is 3.85. The molecule has 0 saturated carbocycles. The average molecular weight is 449 g/mol. The van der Waals surface area contributed by atoms with Gasteiger partial charge in [-0.25, -0.2) is 4.98 Å². The number of likely N-dealkylation sites (N-methyl/N-ethyl adjacent to an activating group) is 1. The molecule has 1 N–H and O–H groups in total. The Kier molecular flexibility index (Phi) is 6.48. The molecule has 3 aromatic heterocycles. The molecule has 0 saturated heterocycles. The van der Waals surface area contributed by atoms with E-state index in [1.807, 2.05) is 57.4 Å². The maximum atomic E-state index is 13.3. The van der Waals surface area contributed by atoms with Crippen molar-refractivity contribution in [2.45, 2.75) is 13.5 Å². The second kappa shape index (κ2) is 9.46. The Hall–Kier alpha value is -3.29. The van der Waals surface area contributed by atoms with Gasteiger partial charge >= 0.3 is 0 Å². The minimum absolute atomic E-state index is 0.131. The molecular weight excluding hydrogens is 424 g/mol. The van der Waals surface area contributed by atoms with Crippen molar-refractivity contribution in [3.63, 3.8) is 0 Å². The molecule has 8 heteroatoms. The molecule has 0 radical (unpaired) electrons. The highest BCUT2D eigenvalue weighted by molar-refractivity contribution is 6.33. The van der Waals surface area contributed by atoms with Crippen molar-refractivity contribution in [2.75, 3.05) is 32.5 Å². The molecule has 0 aliphatic rings. The molecule has 0 amide bonds. The van der Waals surface area contributed by atoms with Crippen molar-refractivity contribution < 1.29 is 0 Å². The van der Waals surface area contributed by atoms with Crippen LogP contribution in [0.15, 0.2) is 59.8 Å². The predicted octanol–water partition coefficient (Wildman–Crippen LogP) is 4.17. The van der Waals surface area contributed by atoms with Crippen LogP contribution in [0.1, 0.15) is 6.92 Å². The number of anilines is 1. The molecule has 0 aliphatic carbocycles. The lowest BCUT2D eigenvalue weighted by molar-refractivity contribution is 0.425. The zero-order valence-electron chi connectivity index (χ0n) is 18.3. The van der Waals surface area contributed by atoms with E-state index in [2.05, 4.69) is 25.2 Å². The second-order valence-corrected chi connectivity index (χ2v) is 8.15. The summed E-state index contributed by atoms with van der Waals surface area (Å²) in [5.41, 5.74) is 3.59. The summed E-state index contributed by atoms with van der Waals surface area (Å²) in [6.07, 6.45) is 5.26. The smallest absolute Gasteiger partial charge is 0.260 e. The maximum Gasteiger partial charge on any atom is 0.260 e. The number of fused-ring (bicyclic) bond motifs is 1. The van der Waals surface area contributed by atoms with Gasteiger partial charge in [-0.05, 0) is 44.8 Å². The highest BCUT2D eigenvalue weighted by atomic mass is 35.5. The Morgan fingerprint density at radius 2 is 1.94 bits per heavy atom. The van der Waals surface area contributed by atoms with Gasteiger partial charge in [-0.1, -0.05) is 29.8 Å². The van der Waals surface area contributed by atoms with E-state index in [9.17, 15) is 4.79 Å². The molecule has 0 fully saturated rings. The van der Waals surface area contributed by atoms with Crippen molar-refractivity contribution in [3.8, 4) is 22.3 Å². The SMILES string of the molecule is CCn1c(=O)c(-c2ccc(-c3cccnc3)cc2Cl)cc2cnc(NCCN(C)C)nc21. The standard InChI is InChI=1S/C24H25ClN6O/c1-4-31-22-18(15-28-24(29-22)27-10-11-30(2)3)12-20(23(31)32)19-8-7-16(13-21(19)25)17-6-5-9-26-14-17/h5-9,12-15H,4,10-11H2,1-3H3,(H,27,28,29). The Bertz CT molecular complexity index is 1300. The lowest BCUT2D eigenvalue weighted by atomic mass is 10.0. The molecule has 0 atom stereocenters. The van der Waals surface area contributed by atoms with Gasteiger partial charge in [0, 0.05) is 65.3 Å². The van der Waals surface area contributed by atoms with E-state index >= 15 is 0 Å². The zero-order valence-corrected chi connectivity index (χ0v) is 19.1. The van der Waals surface area contributed by atoms with Crippen molar-refractivity contribution in [1.29, 1.82) is 0 Å². The molecule has 7 nitrogen and oxygen atoms in total. The number of hydrogen-bond acceptors (Lipinski definition) is 6. The summed E-state index contributed by atoms with van der Waals surface area (Å²) in [5.74, 6) is 0.507. The number of aromatic nitrogens is 4. The van der Waals surface area contributed by atoms with Crippen molar-refractivity contribution in [3.05, 3.63) is 70.4 Å². The van der Waals surface area contributed by atoms with Crippen molar-refractivity contribution in [2.24, 2.45) is 0 Å². The minimum Gasteiger partial charge on any atom is -0.353 e. The monoisotopic (exact) mass is 448 g/mol. The molecule has 32 heavy (non-hydrogen) atoms. The van der Waals surface area contributed by atoms with E-state index in [4.69, 9.17) is 11.6 Å². The fourth-order valence-electron chi connectivity index (χ4n) is 3.57. The van der Waals surface area contributed by atoms with Crippen LogP contribution in [0.25, 0.3) is 33.3 Å². The number of hydrogen-bond donors (Lipinski definition) is 1. The minimum atomic E-state index is -0.131. The van der Waals surface area contributed by atoms with Gasteiger partial charge in [0.05, 0.1) is 0 Å². The number of nitrogens with one attached hydrogen (secondary N) is 1. The third kappa shape index (κ3) is 4.49. The molecule has 164 valence electrons. The Morgan fingerprint density at radius 3 is 2.62 bits per heavy atom. The first-order valence-electron chi connectivity index (χ1n) is 10.5. The lowest BCUT2D eigenvalue weighted by Gasteiger charge is -2.14. The van der Waals surface area contributed by atoms with Crippen LogP contribution < -0.4 is 10.9 Å². The van der Waals surface area contributed by atoms with E-state index in [1.54, 1.807) is 23.2 Å². The summed E-state index contributed by atoms with van der Waals surface area (Å²) in [4.78, 5) is 28.6. The molecule has 0 unspecified atom stereocenters. The van der Waals surface area contributed by atoms with Crippen LogP contribution in [0.4, 0.5) is 5.95 Å². The molecular formula is C24H25ClN6O. The molecule has 0 aliphatic heterocycles. The summed E-state index contributed by atoms with van der Waals surface area (Å²) < 4.78 is 1.66. The topological polar surface area (TPSA) is 75.9 Å². The van der Waals surface area contributed by atoms with Crippen LogP contribution in [0, 0.1) is 0 Å². The van der Waals surface area contributed by atoms with Crippen LogP contribution in [-0.4, -0.2) is 51.6 Å². The summed E-state index contributed by atoms with van der Waals surface area (Å²) >= 11 is 6.63. The van der Waals surface area contributed by atoms with E-state index in [-0.39, 0.29) is 5.56 Å². The molecule has 3 heterocycles. The average Bonchev–Trinajstić information content (AvgIpc) is 2.79. The van der Waals surface area contributed by atoms with E-state index in [0.29, 0.717) is 40.8 Å². The first-order valence-corrected chi connectivity index (χ1v) is 10.8. The highest BCUT2D eigenvalue weighted by Crippen LogP contribution is 2.31. The van der Waals surface area contributed by atoms with Gasteiger partial charge in [0.25, 0.3) is 5.56 Å². The number of rotatable bonds is 7. The first-order chi connectivity index (χ1) is 15.5. The van der Waals surface area contributed by atoms with Gasteiger partial charge in [0.1, 0.15) is 5.65 Å². The summed E-state index contributed by atoms with van der Waals surface area (Å²) in [5, 5.41) is 4.50. The number of nitrogens with zero attached hydrogens (tertiary/aromatic N) is 5. The summed E-state index contributed by atoms with van der Waals surface area (Å²) in [7, 11) is 4.02. The molecule has 0 spiro atoms. The van der Waals surface area contributed by atoms with E-state index in [1.165, 1.54) is 0 Å². The van der Waals surface area contributed by atoms with Crippen LogP contribution in [0.2, 0.25) is 5.02 Å². The largest absolute Gasteiger partial charge is 0.353 e. The predicted molar refractivity (Wildman–Crippen MR) is 130 cm³/mol. The van der Waals surface area contributed by atoms with Gasteiger partial charge in [0.15, 0.2) is 0 Å². The molecule has 1 aromatic carbocycles. The lowest BCUT2D eigenvalue weighted by Crippen LogP contribution is -2.24. The van der Waals surface area contributed by atoms with Crippen LogP contribution in [0.5, 0.6) is 0 Å². The van der Waals surface area contributed by atoms with Gasteiger partial charge in [-0.2, -0.15) is 4.98 Å². The zero-order chi connectivity index (χ0) is 22.7. The maximum absolute atomic E-state index is 13.3. The quantitative estimate of drug-likeness (QED) is 0.457. The fraction of sp³-hybridized carbons (Fsp3) is 0.250. The number of pyridine rings is 2. The van der Waals surface area contributed by atoms with Crippen LogP contribution in [0.3, 0.4) is 0 Å². The number of aryl methyl sites for hydroxylation is 1. The molecule has 0 bridgehead atoms. The first kappa shape index (κ1) is 21.9. The third-order valence-electron chi connectivity index (χ3n) is 5.24. The van der Waals surface area contributed by atoms with Crippen molar-refractivity contribution in [1.82, 2.24) is 24.4 Å². The van der Waals surface area contributed by atoms with E-state index in [0.717, 1.165) is 23.1 Å². The Morgan fingerprint density at radius 1 is 1.09 bits per heavy atom.